The van der Waals surface area contributed by atoms with Crippen molar-refractivity contribution >= 4 is 6.29 Å². The monoisotopic (exact) mass is 207 g/mol. The maximum atomic E-state index is 10.1. The highest BCUT2D eigenvalue weighted by molar-refractivity contribution is 5.51. The second-order valence-electron chi connectivity index (χ2n) is 3.61. The molecule has 1 aromatic carbocycles. The van der Waals surface area contributed by atoms with Gasteiger partial charge in [-0.2, -0.15) is 0 Å². The highest BCUT2D eigenvalue weighted by Gasteiger charge is 1.97. The number of ether oxygens (including phenoxy) is 1. The lowest BCUT2D eigenvalue weighted by Crippen LogP contribution is -2.15. The zero-order chi connectivity index (χ0) is 11.1. The van der Waals surface area contributed by atoms with Crippen molar-refractivity contribution < 1.29 is 9.53 Å². The molecule has 0 fully saturated rings. The minimum atomic E-state index is 0.198. The molecule has 15 heavy (non-hydrogen) atoms. The molecule has 0 aliphatic rings. The molecule has 0 bridgehead atoms. The van der Waals surface area contributed by atoms with Gasteiger partial charge >= 0.3 is 0 Å². The van der Waals surface area contributed by atoms with Crippen LogP contribution in [0.5, 0.6) is 5.75 Å². The Morgan fingerprint density at radius 1 is 1.33 bits per heavy atom. The maximum Gasteiger partial charge on any atom is 0.133 e. The van der Waals surface area contributed by atoms with Gasteiger partial charge in [0.05, 0.1) is 12.6 Å². The van der Waals surface area contributed by atoms with Crippen molar-refractivity contribution in [1.82, 2.24) is 5.32 Å². The van der Waals surface area contributed by atoms with Crippen molar-refractivity contribution in [2.45, 2.75) is 26.5 Å². The average Bonchev–Trinajstić information content (AvgIpc) is 2.20. The quantitative estimate of drug-likeness (QED) is 0.570. The summed E-state index contributed by atoms with van der Waals surface area (Å²) in [6.07, 6.45) is 1.06. The second kappa shape index (κ2) is 6.19. The molecular formula is C12H17NO2. The number of aldehydes is 1. The van der Waals surface area contributed by atoms with Crippen molar-refractivity contribution in [3.8, 4) is 5.75 Å². The van der Waals surface area contributed by atoms with Crippen LogP contribution in [-0.4, -0.2) is 18.9 Å². The number of hydrogen-bond donors (Lipinski definition) is 1. The Labute approximate surface area is 90.4 Å². The fourth-order valence-corrected chi connectivity index (χ4v) is 1.23. The Hall–Kier alpha value is -1.35. The van der Waals surface area contributed by atoms with Crippen molar-refractivity contribution in [1.29, 1.82) is 0 Å². The molecule has 0 radical (unpaired) electrons. The molecule has 0 unspecified atom stereocenters. The smallest absolute Gasteiger partial charge is 0.133 e. The standard InChI is InChI=1S/C12H17NO2/c1-10(2)15-12-5-3-11(4-6-12)9-13-7-8-14/h3-6,8,10,13H,7,9H2,1-2H3. The average molecular weight is 207 g/mol. The van der Waals surface area contributed by atoms with E-state index >= 15 is 0 Å². The third kappa shape index (κ3) is 4.61. The largest absolute Gasteiger partial charge is 0.491 e. The fourth-order valence-electron chi connectivity index (χ4n) is 1.23. The first-order valence-corrected chi connectivity index (χ1v) is 5.12. The zero-order valence-corrected chi connectivity index (χ0v) is 9.19. The number of hydrogen-bond acceptors (Lipinski definition) is 3. The van der Waals surface area contributed by atoms with Gasteiger partial charge in [0.2, 0.25) is 0 Å². The number of carbonyl (C=O) groups is 1. The summed E-state index contributed by atoms with van der Waals surface area (Å²) in [7, 11) is 0. The van der Waals surface area contributed by atoms with Crippen LogP contribution < -0.4 is 10.1 Å². The van der Waals surface area contributed by atoms with E-state index in [-0.39, 0.29) is 6.10 Å². The minimum Gasteiger partial charge on any atom is -0.491 e. The highest BCUT2D eigenvalue weighted by Crippen LogP contribution is 2.13. The molecule has 0 amide bonds. The maximum absolute atomic E-state index is 10.1. The molecule has 0 saturated carbocycles. The third-order valence-corrected chi connectivity index (χ3v) is 1.85. The summed E-state index contributed by atoms with van der Waals surface area (Å²) in [6.45, 7) is 5.10. The van der Waals surface area contributed by atoms with E-state index in [1.807, 2.05) is 38.1 Å². The summed E-state index contributed by atoms with van der Waals surface area (Å²) < 4.78 is 5.52. The molecule has 82 valence electrons. The van der Waals surface area contributed by atoms with E-state index in [0.717, 1.165) is 17.6 Å². The summed E-state index contributed by atoms with van der Waals surface area (Å²) in [6, 6.07) is 7.88. The Morgan fingerprint density at radius 3 is 2.53 bits per heavy atom. The van der Waals surface area contributed by atoms with E-state index in [1.165, 1.54) is 0 Å². The van der Waals surface area contributed by atoms with Gasteiger partial charge in [-0.05, 0) is 31.5 Å². The van der Waals surface area contributed by atoms with Gasteiger partial charge in [-0.1, -0.05) is 12.1 Å². The molecule has 0 heterocycles. The van der Waals surface area contributed by atoms with Gasteiger partial charge in [-0.3, -0.25) is 0 Å². The molecular weight excluding hydrogens is 190 g/mol. The highest BCUT2D eigenvalue weighted by atomic mass is 16.5. The van der Waals surface area contributed by atoms with Gasteiger partial charge in [0.15, 0.2) is 0 Å². The van der Waals surface area contributed by atoms with E-state index in [9.17, 15) is 4.79 Å². The van der Waals surface area contributed by atoms with Crippen LogP contribution in [0.3, 0.4) is 0 Å². The van der Waals surface area contributed by atoms with Crippen LogP contribution >= 0.6 is 0 Å². The van der Waals surface area contributed by atoms with E-state index in [4.69, 9.17) is 4.74 Å². The van der Waals surface area contributed by atoms with E-state index in [2.05, 4.69) is 5.32 Å². The Balaban J connectivity index is 2.45. The van der Waals surface area contributed by atoms with E-state index in [1.54, 1.807) is 0 Å². The number of carbonyl (C=O) groups excluding carboxylic acids is 1. The van der Waals surface area contributed by atoms with Crippen LogP contribution in [0.4, 0.5) is 0 Å². The molecule has 0 saturated heterocycles. The third-order valence-electron chi connectivity index (χ3n) is 1.85. The Bertz CT molecular complexity index is 293. The predicted molar refractivity (Wildman–Crippen MR) is 60.0 cm³/mol. The summed E-state index contributed by atoms with van der Waals surface area (Å²) in [5, 5.41) is 3.00. The lowest BCUT2D eigenvalue weighted by molar-refractivity contribution is -0.107. The SMILES string of the molecule is CC(C)Oc1ccc(CNCC=O)cc1. The molecule has 1 rings (SSSR count). The first-order chi connectivity index (χ1) is 7.22. The minimum absolute atomic E-state index is 0.198. The summed E-state index contributed by atoms with van der Waals surface area (Å²) >= 11 is 0. The summed E-state index contributed by atoms with van der Waals surface area (Å²) in [5.74, 6) is 0.879. The predicted octanol–water partition coefficient (Wildman–Crippen LogP) is 1.76. The van der Waals surface area contributed by atoms with Crippen LogP contribution in [0.15, 0.2) is 24.3 Å². The second-order valence-corrected chi connectivity index (χ2v) is 3.61. The normalized spacial score (nSPS) is 10.3. The van der Waals surface area contributed by atoms with E-state index < -0.39 is 0 Å². The lowest BCUT2D eigenvalue weighted by Gasteiger charge is -2.10. The Morgan fingerprint density at radius 2 is 2.00 bits per heavy atom. The number of benzene rings is 1. The molecule has 0 aromatic heterocycles. The van der Waals surface area contributed by atoms with Crippen molar-refractivity contribution in [3.05, 3.63) is 29.8 Å². The first-order valence-electron chi connectivity index (χ1n) is 5.12. The molecule has 0 aliphatic heterocycles. The van der Waals surface area contributed by atoms with Gasteiger partial charge in [0.1, 0.15) is 12.0 Å². The van der Waals surface area contributed by atoms with Crippen molar-refractivity contribution in [2.75, 3.05) is 6.54 Å². The molecule has 1 aromatic rings. The van der Waals surface area contributed by atoms with Crippen molar-refractivity contribution in [2.24, 2.45) is 0 Å². The van der Waals surface area contributed by atoms with Gasteiger partial charge in [-0.15, -0.1) is 0 Å². The van der Waals surface area contributed by atoms with Crippen LogP contribution in [0, 0.1) is 0 Å². The molecule has 0 aliphatic carbocycles. The fraction of sp³-hybridized carbons (Fsp3) is 0.417. The molecule has 3 nitrogen and oxygen atoms in total. The zero-order valence-electron chi connectivity index (χ0n) is 9.19. The lowest BCUT2D eigenvalue weighted by atomic mass is 10.2. The summed E-state index contributed by atoms with van der Waals surface area (Å²) in [4.78, 5) is 10.1. The summed E-state index contributed by atoms with van der Waals surface area (Å²) in [5.41, 5.74) is 1.15. The van der Waals surface area contributed by atoms with Crippen LogP contribution in [0.25, 0.3) is 0 Å². The van der Waals surface area contributed by atoms with Crippen LogP contribution in [0.2, 0.25) is 0 Å². The first kappa shape index (κ1) is 11.7. The molecule has 0 atom stereocenters. The van der Waals surface area contributed by atoms with Gasteiger partial charge in [-0.25, -0.2) is 0 Å². The van der Waals surface area contributed by atoms with Crippen molar-refractivity contribution in [3.63, 3.8) is 0 Å². The Kier molecular flexibility index (Phi) is 4.84. The van der Waals surface area contributed by atoms with Gasteiger partial charge in [0.25, 0.3) is 0 Å². The molecule has 1 N–H and O–H groups in total. The van der Waals surface area contributed by atoms with E-state index in [0.29, 0.717) is 13.1 Å². The number of rotatable bonds is 6. The molecule has 0 spiro atoms. The molecule has 3 heteroatoms. The number of nitrogens with one attached hydrogen (secondary N) is 1. The van der Waals surface area contributed by atoms with Gasteiger partial charge in [0, 0.05) is 6.54 Å². The van der Waals surface area contributed by atoms with Crippen LogP contribution in [-0.2, 0) is 11.3 Å². The topological polar surface area (TPSA) is 38.3 Å². The van der Waals surface area contributed by atoms with Gasteiger partial charge < -0.3 is 14.8 Å². The van der Waals surface area contributed by atoms with Crippen LogP contribution in [0.1, 0.15) is 19.4 Å².